The van der Waals surface area contributed by atoms with Crippen LogP contribution in [0.5, 0.6) is 11.8 Å². The summed E-state index contributed by atoms with van der Waals surface area (Å²) in [5.74, 6) is 0.198. The van der Waals surface area contributed by atoms with E-state index in [1.165, 1.54) is 22.4 Å². The van der Waals surface area contributed by atoms with Gasteiger partial charge in [-0.15, -0.1) is 11.8 Å². The summed E-state index contributed by atoms with van der Waals surface area (Å²) in [5, 5.41) is 22.6. The minimum absolute atomic E-state index is 0.0894. The molecule has 3 nitrogen and oxygen atoms in total. The monoisotopic (exact) mass is 433 g/mol. The number of rotatable bonds is 4. The maximum absolute atomic E-state index is 10.5. The average molecular weight is 435 g/mol. The molecule has 3 rings (SSSR count). The molecule has 8 heteroatoms. The zero-order valence-electron chi connectivity index (χ0n) is 12.5. The van der Waals surface area contributed by atoms with Gasteiger partial charge in [-0.1, -0.05) is 46.4 Å². The molecule has 0 atom stereocenters. The van der Waals surface area contributed by atoms with Crippen LogP contribution in [0.3, 0.4) is 0 Å². The van der Waals surface area contributed by atoms with E-state index >= 15 is 0 Å². The molecule has 1 heterocycles. The van der Waals surface area contributed by atoms with Gasteiger partial charge in [-0.3, -0.25) is 4.57 Å². The van der Waals surface area contributed by atoms with Crippen LogP contribution in [0.25, 0.3) is 5.69 Å². The highest BCUT2D eigenvalue weighted by molar-refractivity contribution is 7.98. The zero-order chi connectivity index (χ0) is 18.1. The summed E-state index contributed by atoms with van der Waals surface area (Å²) < 4.78 is 1.27. The lowest BCUT2D eigenvalue weighted by Crippen LogP contribution is -1.93. The van der Waals surface area contributed by atoms with Crippen molar-refractivity contribution in [2.45, 2.75) is 10.6 Å². The van der Waals surface area contributed by atoms with E-state index in [0.717, 1.165) is 4.90 Å². The first-order chi connectivity index (χ1) is 11.8. The summed E-state index contributed by atoms with van der Waals surface area (Å²) in [6.45, 7) is 0. The van der Waals surface area contributed by atoms with Gasteiger partial charge in [0, 0.05) is 37.3 Å². The van der Waals surface area contributed by atoms with Gasteiger partial charge < -0.3 is 10.2 Å². The Labute approximate surface area is 168 Å². The summed E-state index contributed by atoms with van der Waals surface area (Å²) in [4.78, 5) is 0.823. The molecule has 0 fully saturated rings. The molecule has 0 amide bonds. The van der Waals surface area contributed by atoms with Gasteiger partial charge in [0.05, 0.1) is 10.7 Å². The van der Waals surface area contributed by atoms with E-state index < -0.39 is 0 Å². The number of thioether (sulfide) groups is 1. The number of halogens is 4. The Morgan fingerprint density at radius 3 is 2.16 bits per heavy atom. The zero-order valence-corrected chi connectivity index (χ0v) is 16.4. The van der Waals surface area contributed by atoms with E-state index in [0.29, 0.717) is 37.1 Å². The van der Waals surface area contributed by atoms with Crippen LogP contribution in [0.1, 0.15) is 5.56 Å². The van der Waals surface area contributed by atoms with Gasteiger partial charge in [0.2, 0.25) is 5.88 Å². The lowest BCUT2D eigenvalue weighted by Gasteiger charge is -2.09. The second-order valence-electron chi connectivity index (χ2n) is 5.18. The lowest BCUT2D eigenvalue weighted by atomic mass is 10.3. The van der Waals surface area contributed by atoms with Crippen LogP contribution < -0.4 is 0 Å². The molecule has 0 saturated heterocycles. The first-order valence-electron chi connectivity index (χ1n) is 7.02. The molecule has 0 spiro atoms. The molecule has 0 aliphatic rings. The van der Waals surface area contributed by atoms with Crippen molar-refractivity contribution in [1.82, 2.24) is 4.57 Å². The van der Waals surface area contributed by atoms with Gasteiger partial charge in [-0.2, -0.15) is 0 Å². The maximum Gasteiger partial charge on any atom is 0.202 e. The predicted octanol–water partition coefficient (Wildman–Crippen LogP) is 6.79. The van der Waals surface area contributed by atoms with Crippen molar-refractivity contribution < 1.29 is 10.2 Å². The fourth-order valence-electron chi connectivity index (χ4n) is 2.31. The van der Waals surface area contributed by atoms with Crippen molar-refractivity contribution in [2.24, 2.45) is 0 Å². The summed E-state index contributed by atoms with van der Waals surface area (Å²) in [6.07, 6.45) is 0. The van der Waals surface area contributed by atoms with Gasteiger partial charge in [-0.25, -0.2) is 0 Å². The molecular weight excluding hydrogens is 424 g/mol. The molecule has 0 bridgehead atoms. The number of nitrogens with zero attached hydrogens (tertiary/aromatic N) is 1. The van der Waals surface area contributed by atoms with Crippen LogP contribution in [0.15, 0.2) is 47.4 Å². The second kappa shape index (κ2) is 7.60. The lowest BCUT2D eigenvalue weighted by molar-refractivity contribution is 0.401. The molecule has 0 radical (unpaired) electrons. The summed E-state index contributed by atoms with van der Waals surface area (Å²) in [5.41, 5.74) is 1.01. The molecule has 2 N–H and O–H groups in total. The van der Waals surface area contributed by atoms with Crippen LogP contribution in [-0.2, 0) is 5.75 Å². The largest absolute Gasteiger partial charge is 0.494 e. The fourth-order valence-corrected chi connectivity index (χ4v) is 4.29. The van der Waals surface area contributed by atoms with Gasteiger partial charge in [0.25, 0.3) is 0 Å². The van der Waals surface area contributed by atoms with Gasteiger partial charge >= 0.3 is 0 Å². The second-order valence-corrected chi connectivity index (χ2v) is 7.91. The number of hydrogen-bond acceptors (Lipinski definition) is 3. The first kappa shape index (κ1) is 18.6. The Morgan fingerprint density at radius 2 is 1.52 bits per heavy atom. The summed E-state index contributed by atoms with van der Waals surface area (Å²) in [6, 6.07) is 11.5. The Morgan fingerprint density at radius 1 is 0.840 bits per heavy atom. The maximum atomic E-state index is 10.5. The van der Waals surface area contributed by atoms with E-state index in [4.69, 9.17) is 46.4 Å². The van der Waals surface area contributed by atoms with Crippen molar-refractivity contribution in [1.29, 1.82) is 0 Å². The molecular formula is C17H11Cl4NO2S. The summed E-state index contributed by atoms with van der Waals surface area (Å²) >= 11 is 25.4. The van der Waals surface area contributed by atoms with Crippen LogP contribution in [0, 0.1) is 0 Å². The van der Waals surface area contributed by atoms with Crippen LogP contribution in [-0.4, -0.2) is 14.8 Å². The molecule has 0 unspecified atom stereocenters. The minimum atomic E-state index is -0.117. The molecule has 2 aromatic carbocycles. The number of benzene rings is 2. The molecule has 0 aliphatic carbocycles. The molecule has 25 heavy (non-hydrogen) atoms. The van der Waals surface area contributed by atoms with Gasteiger partial charge in [0.15, 0.2) is 5.88 Å². The number of aromatic hydroxyl groups is 2. The third-order valence-electron chi connectivity index (χ3n) is 3.41. The fraction of sp³-hybridized carbons (Fsp3) is 0.0588. The van der Waals surface area contributed by atoms with E-state index in [9.17, 15) is 10.2 Å². The standard InChI is InChI=1S/C17H11Cl4NO2S/c18-10-1-2-15(14(21)7-10)25-8-9-3-16(23)22(17(9)24)13-5-11(19)4-12(20)6-13/h1-7,23-24H,8H2. The van der Waals surface area contributed by atoms with E-state index in [-0.39, 0.29) is 11.8 Å². The highest BCUT2D eigenvalue weighted by Crippen LogP contribution is 2.38. The summed E-state index contributed by atoms with van der Waals surface area (Å²) in [7, 11) is 0. The highest BCUT2D eigenvalue weighted by Gasteiger charge is 2.17. The van der Waals surface area contributed by atoms with E-state index in [1.54, 1.807) is 36.4 Å². The van der Waals surface area contributed by atoms with E-state index in [2.05, 4.69) is 0 Å². The Balaban J connectivity index is 1.89. The van der Waals surface area contributed by atoms with Crippen LogP contribution >= 0.6 is 58.2 Å². The average Bonchev–Trinajstić information content (AvgIpc) is 2.79. The quantitative estimate of drug-likeness (QED) is 0.444. The third-order valence-corrected chi connectivity index (χ3v) is 5.63. The minimum Gasteiger partial charge on any atom is -0.494 e. The van der Waals surface area contributed by atoms with Gasteiger partial charge in [0.1, 0.15) is 0 Å². The van der Waals surface area contributed by atoms with Crippen molar-refractivity contribution in [3.63, 3.8) is 0 Å². The molecule has 130 valence electrons. The first-order valence-corrected chi connectivity index (χ1v) is 9.52. The van der Waals surface area contributed by atoms with Gasteiger partial charge in [-0.05, 0) is 36.4 Å². The number of aromatic nitrogens is 1. The Bertz CT molecular complexity index is 922. The highest BCUT2D eigenvalue weighted by atomic mass is 35.5. The van der Waals surface area contributed by atoms with Crippen molar-refractivity contribution in [3.05, 3.63) is 68.1 Å². The van der Waals surface area contributed by atoms with E-state index in [1.807, 2.05) is 0 Å². The molecule has 0 saturated carbocycles. The predicted molar refractivity (Wildman–Crippen MR) is 105 cm³/mol. The third kappa shape index (κ3) is 4.15. The van der Waals surface area contributed by atoms with Crippen molar-refractivity contribution in [3.8, 4) is 17.4 Å². The number of hydrogen-bond donors (Lipinski definition) is 2. The SMILES string of the molecule is Oc1cc(CSc2ccc(Cl)cc2Cl)c(O)n1-c1cc(Cl)cc(Cl)c1. The smallest absolute Gasteiger partial charge is 0.202 e. The Kier molecular flexibility index (Phi) is 5.66. The van der Waals surface area contributed by atoms with Crippen LogP contribution in [0.2, 0.25) is 20.1 Å². The van der Waals surface area contributed by atoms with Crippen LogP contribution in [0.4, 0.5) is 0 Å². The van der Waals surface area contributed by atoms with Crippen molar-refractivity contribution in [2.75, 3.05) is 0 Å². The normalized spacial score (nSPS) is 11.0. The molecule has 0 aliphatic heterocycles. The topological polar surface area (TPSA) is 45.4 Å². The Hall–Kier alpha value is -1.17. The van der Waals surface area contributed by atoms with Crippen molar-refractivity contribution >= 4 is 58.2 Å². The molecule has 3 aromatic rings. The molecule has 1 aromatic heterocycles.